The molecule has 0 nitrogen and oxygen atoms in total. The lowest BCUT2D eigenvalue weighted by molar-refractivity contribution is 0.253. The maximum absolute atomic E-state index is 14.7. The van der Waals surface area contributed by atoms with Crippen molar-refractivity contribution in [2.75, 3.05) is 0 Å². The highest BCUT2D eigenvalue weighted by atomic mass is 35.5. The summed E-state index contributed by atoms with van der Waals surface area (Å²) in [6, 6.07) is 22.9. The second kappa shape index (κ2) is 12.5. The lowest BCUT2D eigenvalue weighted by Crippen LogP contribution is -2.16. The van der Waals surface area contributed by atoms with Crippen molar-refractivity contribution in [1.82, 2.24) is 0 Å². The van der Waals surface area contributed by atoms with Gasteiger partial charge in [-0.1, -0.05) is 92.7 Å². The van der Waals surface area contributed by atoms with Crippen LogP contribution >= 0.6 is 11.6 Å². The zero-order valence-corrected chi connectivity index (χ0v) is 21.3. The number of halogens is 2. The van der Waals surface area contributed by atoms with E-state index in [-0.39, 0.29) is 5.82 Å². The first-order valence-corrected chi connectivity index (χ1v) is 13.6. The first-order chi connectivity index (χ1) is 16.6. The molecule has 0 aliphatic heterocycles. The summed E-state index contributed by atoms with van der Waals surface area (Å²) in [4.78, 5) is 0. The molecule has 0 N–H and O–H groups in total. The first-order valence-electron chi connectivity index (χ1n) is 13.2. The van der Waals surface area contributed by atoms with Crippen LogP contribution < -0.4 is 0 Å². The van der Waals surface area contributed by atoms with Crippen molar-refractivity contribution < 1.29 is 4.39 Å². The van der Waals surface area contributed by atoms with Crippen LogP contribution in [0.4, 0.5) is 4.39 Å². The average molecular weight is 477 g/mol. The summed E-state index contributed by atoms with van der Waals surface area (Å²) in [7, 11) is 0. The summed E-state index contributed by atoms with van der Waals surface area (Å²) in [5.41, 5.74) is 6.06. The van der Waals surface area contributed by atoms with Crippen molar-refractivity contribution in [2.45, 2.75) is 77.6 Å². The Morgan fingerprint density at radius 2 is 1.15 bits per heavy atom. The van der Waals surface area contributed by atoms with Crippen LogP contribution in [-0.4, -0.2) is 0 Å². The predicted octanol–water partition coefficient (Wildman–Crippen LogP) is 9.20. The standard InChI is InChI=1S/C32H38ClF/c1-2-24-3-5-25(6-4-24)7-8-26-9-11-27(12-10-26)13-14-29-16-20-30(32(34)23-29)19-15-28-17-21-31(33)22-18-28/h3-6,16-18,20-23,26-27H,2,7-15,19H2,1H3. The van der Waals surface area contributed by atoms with E-state index in [9.17, 15) is 4.39 Å². The highest BCUT2D eigenvalue weighted by Crippen LogP contribution is 2.34. The van der Waals surface area contributed by atoms with Crippen LogP contribution in [0.1, 0.15) is 73.3 Å². The Morgan fingerprint density at radius 3 is 1.74 bits per heavy atom. The van der Waals surface area contributed by atoms with Crippen molar-refractivity contribution in [3.05, 3.63) is 105 Å². The fourth-order valence-electron chi connectivity index (χ4n) is 5.37. The Labute approximate surface area is 210 Å². The van der Waals surface area contributed by atoms with Gasteiger partial charge in [-0.05, 0) is 103 Å². The van der Waals surface area contributed by atoms with Crippen LogP contribution in [0.2, 0.25) is 5.02 Å². The molecule has 0 radical (unpaired) electrons. The molecule has 34 heavy (non-hydrogen) atoms. The number of rotatable bonds is 10. The van der Waals surface area contributed by atoms with E-state index in [1.54, 1.807) is 6.07 Å². The van der Waals surface area contributed by atoms with Gasteiger partial charge in [-0.25, -0.2) is 4.39 Å². The minimum absolute atomic E-state index is 0.0536. The van der Waals surface area contributed by atoms with Gasteiger partial charge in [0.05, 0.1) is 0 Å². The maximum Gasteiger partial charge on any atom is 0.126 e. The van der Waals surface area contributed by atoms with Crippen LogP contribution in [0.5, 0.6) is 0 Å². The number of aryl methyl sites for hydroxylation is 5. The lowest BCUT2D eigenvalue weighted by atomic mass is 9.77. The summed E-state index contributed by atoms with van der Waals surface area (Å²) in [6.45, 7) is 2.21. The van der Waals surface area contributed by atoms with Crippen LogP contribution in [-0.2, 0) is 32.1 Å². The molecular formula is C32H38ClF. The minimum Gasteiger partial charge on any atom is -0.207 e. The SMILES string of the molecule is CCc1ccc(CCC2CCC(CCc3ccc(CCc4ccc(Cl)cc4)c(F)c3)CC2)cc1. The van der Waals surface area contributed by atoms with Gasteiger partial charge < -0.3 is 0 Å². The Morgan fingerprint density at radius 1 is 0.647 bits per heavy atom. The molecule has 2 heteroatoms. The van der Waals surface area contributed by atoms with Gasteiger partial charge in [0.25, 0.3) is 0 Å². The number of benzene rings is 3. The minimum atomic E-state index is -0.0536. The van der Waals surface area contributed by atoms with E-state index in [0.717, 1.165) is 53.7 Å². The first kappa shape index (κ1) is 25.0. The van der Waals surface area contributed by atoms with Gasteiger partial charge >= 0.3 is 0 Å². The smallest absolute Gasteiger partial charge is 0.126 e. The van der Waals surface area contributed by atoms with Crippen molar-refractivity contribution >= 4 is 11.6 Å². The molecule has 0 spiro atoms. The van der Waals surface area contributed by atoms with Crippen LogP contribution in [0, 0.1) is 17.7 Å². The average Bonchev–Trinajstić information content (AvgIpc) is 2.87. The molecule has 3 aromatic carbocycles. The molecule has 4 rings (SSSR count). The van der Waals surface area contributed by atoms with Gasteiger partial charge in [-0.2, -0.15) is 0 Å². The van der Waals surface area contributed by atoms with Gasteiger partial charge in [0.2, 0.25) is 0 Å². The molecule has 1 aliphatic rings. The van der Waals surface area contributed by atoms with E-state index in [1.807, 2.05) is 30.3 Å². The van der Waals surface area contributed by atoms with E-state index in [4.69, 9.17) is 11.6 Å². The molecule has 1 aliphatic carbocycles. The third-order valence-corrected chi connectivity index (χ3v) is 8.05. The third-order valence-electron chi connectivity index (χ3n) is 7.79. The van der Waals surface area contributed by atoms with Crippen molar-refractivity contribution in [2.24, 2.45) is 11.8 Å². The molecule has 180 valence electrons. The molecule has 0 heterocycles. The Kier molecular flexibility index (Phi) is 9.22. The molecule has 0 atom stereocenters. The summed E-state index contributed by atoms with van der Waals surface area (Å²) >= 11 is 5.95. The van der Waals surface area contributed by atoms with Crippen molar-refractivity contribution in [3.8, 4) is 0 Å². The normalized spacial score (nSPS) is 18.2. The largest absolute Gasteiger partial charge is 0.207 e. The molecule has 1 fully saturated rings. The zero-order chi connectivity index (χ0) is 23.8. The molecule has 0 unspecified atom stereocenters. The Hall–Kier alpha value is -2.12. The molecule has 0 aromatic heterocycles. The molecule has 0 amide bonds. The van der Waals surface area contributed by atoms with Gasteiger partial charge in [-0.15, -0.1) is 0 Å². The number of hydrogen-bond donors (Lipinski definition) is 0. The molecule has 3 aromatic rings. The quantitative estimate of drug-likeness (QED) is 0.273. The predicted molar refractivity (Wildman–Crippen MR) is 143 cm³/mol. The van der Waals surface area contributed by atoms with E-state index in [2.05, 4.69) is 37.3 Å². The summed E-state index contributed by atoms with van der Waals surface area (Å²) in [5, 5.41) is 0.741. The van der Waals surface area contributed by atoms with Crippen LogP contribution in [0.3, 0.4) is 0 Å². The molecule has 0 bridgehead atoms. The molecule has 0 saturated heterocycles. The fraction of sp³-hybridized carbons (Fsp3) is 0.438. The summed E-state index contributed by atoms with van der Waals surface area (Å²) < 4.78 is 14.7. The van der Waals surface area contributed by atoms with Gasteiger partial charge in [-0.3, -0.25) is 0 Å². The molecule has 1 saturated carbocycles. The Bertz CT molecular complexity index is 1010. The van der Waals surface area contributed by atoms with E-state index >= 15 is 0 Å². The second-order valence-corrected chi connectivity index (χ2v) is 10.6. The monoisotopic (exact) mass is 476 g/mol. The van der Waals surface area contributed by atoms with Crippen molar-refractivity contribution in [3.63, 3.8) is 0 Å². The zero-order valence-electron chi connectivity index (χ0n) is 20.5. The van der Waals surface area contributed by atoms with Gasteiger partial charge in [0.1, 0.15) is 5.82 Å². The lowest BCUT2D eigenvalue weighted by Gasteiger charge is -2.28. The third kappa shape index (κ3) is 7.44. The Balaban J connectivity index is 1.17. The van der Waals surface area contributed by atoms with Crippen LogP contribution in [0.15, 0.2) is 66.7 Å². The summed E-state index contributed by atoms with van der Waals surface area (Å²) in [6.07, 6.45) is 12.8. The maximum atomic E-state index is 14.7. The second-order valence-electron chi connectivity index (χ2n) is 10.2. The highest BCUT2D eigenvalue weighted by Gasteiger charge is 2.21. The van der Waals surface area contributed by atoms with Crippen LogP contribution in [0.25, 0.3) is 0 Å². The van der Waals surface area contributed by atoms with Gasteiger partial charge in [0, 0.05) is 5.02 Å². The van der Waals surface area contributed by atoms with E-state index in [1.165, 1.54) is 61.6 Å². The van der Waals surface area contributed by atoms with Gasteiger partial charge in [0.15, 0.2) is 0 Å². The highest BCUT2D eigenvalue weighted by molar-refractivity contribution is 6.30. The topological polar surface area (TPSA) is 0 Å². The fourth-order valence-corrected chi connectivity index (χ4v) is 5.50. The summed E-state index contributed by atoms with van der Waals surface area (Å²) in [5.74, 6) is 1.62. The van der Waals surface area contributed by atoms with Crippen molar-refractivity contribution in [1.29, 1.82) is 0 Å². The molecular weight excluding hydrogens is 439 g/mol. The van der Waals surface area contributed by atoms with E-state index in [0.29, 0.717) is 0 Å². The number of hydrogen-bond acceptors (Lipinski definition) is 0. The van der Waals surface area contributed by atoms with E-state index < -0.39 is 0 Å².